The van der Waals surface area contributed by atoms with Crippen LogP contribution in [0.2, 0.25) is 0 Å². The van der Waals surface area contributed by atoms with E-state index in [0.29, 0.717) is 22.7 Å². The number of para-hydroxylation sites is 4. The lowest BCUT2D eigenvalue weighted by atomic mass is 10.1. The molecule has 2 aromatic heterocycles. The Hall–Kier alpha value is -6.94. The van der Waals surface area contributed by atoms with E-state index in [1.165, 1.54) is 12.2 Å². The lowest BCUT2D eigenvalue weighted by Gasteiger charge is -2.07. The molecule has 0 spiro atoms. The van der Waals surface area contributed by atoms with Gasteiger partial charge in [0.25, 0.3) is 0 Å². The van der Waals surface area contributed by atoms with Gasteiger partial charge in [0.1, 0.15) is 0 Å². The van der Waals surface area contributed by atoms with Crippen molar-refractivity contribution in [3.8, 4) is 22.5 Å². The fourth-order valence-electron chi connectivity index (χ4n) is 5.17. The zero-order chi connectivity index (χ0) is 35.6. The van der Waals surface area contributed by atoms with E-state index in [9.17, 15) is 9.59 Å². The second-order valence-electron chi connectivity index (χ2n) is 11.5. The van der Waals surface area contributed by atoms with Crippen LogP contribution in [-0.4, -0.2) is 20.9 Å². The molecule has 50 heavy (non-hydrogen) atoms. The molecule has 4 aromatic carbocycles. The van der Waals surface area contributed by atoms with E-state index >= 15 is 0 Å². The highest BCUT2D eigenvalue weighted by Crippen LogP contribution is 2.25. The quantitative estimate of drug-likeness (QED) is 0.0754. The average molecular weight is 665 g/mol. The molecule has 0 aliphatic rings. The molecule has 0 unspecified atom stereocenters. The number of nitrogens with one attached hydrogen (secondary N) is 2. The second kappa shape index (κ2) is 15.8. The van der Waals surface area contributed by atoms with Crippen LogP contribution >= 0.6 is 0 Å². The van der Waals surface area contributed by atoms with Crippen LogP contribution < -0.4 is 33.6 Å². The SMILES string of the molecule is Cn1c(C=CC(=O)Nc2ccccc2N)ccc1-c1ccc(N)cc1.Cn1c(C=CC(=O)Nc2ccccc2N)ccc1-c1ccc(N)cc1. The monoisotopic (exact) mass is 664 g/mol. The highest BCUT2D eigenvalue weighted by atomic mass is 16.2. The summed E-state index contributed by atoms with van der Waals surface area (Å²) in [7, 11) is 3.91. The number of carbonyl (C=O) groups excluding carboxylic acids is 2. The zero-order valence-electron chi connectivity index (χ0n) is 27.9. The number of amides is 2. The molecule has 2 heterocycles. The molecule has 2 amide bonds. The molecular weight excluding hydrogens is 624 g/mol. The standard InChI is InChI=1S/2C20H20N4O/c2*1-24-16(10-12-19(24)14-6-8-15(21)9-7-14)11-13-20(25)23-18-5-3-2-4-17(18)22/h2*2-13H,21-22H2,1H3,(H,23,25). The fraction of sp³-hybridized carbons (Fsp3) is 0.0500. The van der Waals surface area contributed by atoms with Crippen molar-refractivity contribution < 1.29 is 9.59 Å². The average Bonchev–Trinajstić information content (AvgIpc) is 3.67. The lowest BCUT2D eigenvalue weighted by molar-refractivity contribution is -0.112. The molecule has 6 rings (SSSR count). The van der Waals surface area contributed by atoms with E-state index in [-0.39, 0.29) is 11.8 Å². The molecule has 0 aliphatic heterocycles. The third-order valence-electron chi connectivity index (χ3n) is 7.98. The first kappa shape index (κ1) is 34.4. The highest BCUT2D eigenvalue weighted by Gasteiger charge is 2.08. The Balaban J connectivity index is 0.000000194. The number of hydrogen-bond acceptors (Lipinski definition) is 6. The van der Waals surface area contributed by atoms with Crippen molar-refractivity contribution in [1.82, 2.24) is 9.13 Å². The number of benzene rings is 4. The fourth-order valence-corrected chi connectivity index (χ4v) is 5.17. The Morgan fingerprint density at radius 3 is 1.22 bits per heavy atom. The summed E-state index contributed by atoms with van der Waals surface area (Å²) in [5, 5.41) is 5.54. The smallest absolute Gasteiger partial charge is 0.248 e. The van der Waals surface area contributed by atoms with Gasteiger partial charge in [0, 0.05) is 60.4 Å². The van der Waals surface area contributed by atoms with Gasteiger partial charge < -0.3 is 42.7 Å². The van der Waals surface area contributed by atoms with Gasteiger partial charge in [0.05, 0.1) is 22.7 Å². The van der Waals surface area contributed by atoms with Crippen molar-refractivity contribution in [3.05, 3.63) is 145 Å². The molecular formula is C40H40N8O2. The van der Waals surface area contributed by atoms with Crippen molar-refractivity contribution in [2.24, 2.45) is 14.1 Å². The number of carbonyl (C=O) groups is 2. The van der Waals surface area contributed by atoms with Gasteiger partial charge in [-0.3, -0.25) is 9.59 Å². The van der Waals surface area contributed by atoms with Crippen molar-refractivity contribution in [1.29, 1.82) is 0 Å². The number of nitrogens with zero attached hydrogens (tertiary/aromatic N) is 2. The maximum Gasteiger partial charge on any atom is 0.248 e. The van der Waals surface area contributed by atoms with E-state index in [0.717, 1.165) is 45.3 Å². The number of nitrogen functional groups attached to an aromatic ring is 4. The Morgan fingerprint density at radius 1 is 0.500 bits per heavy atom. The largest absolute Gasteiger partial charge is 0.399 e. The third-order valence-corrected chi connectivity index (χ3v) is 7.98. The van der Waals surface area contributed by atoms with E-state index in [1.807, 2.05) is 120 Å². The molecule has 0 saturated heterocycles. The number of nitrogens with two attached hydrogens (primary N) is 4. The topological polar surface area (TPSA) is 172 Å². The first-order valence-electron chi connectivity index (χ1n) is 15.8. The van der Waals surface area contributed by atoms with Crippen molar-refractivity contribution >= 4 is 58.1 Å². The molecule has 0 fully saturated rings. The molecule has 252 valence electrons. The molecule has 0 atom stereocenters. The summed E-state index contributed by atoms with van der Waals surface area (Å²) in [4.78, 5) is 24.2. The van der Waals surface area contributed by atoms with E-state index in [4.69, 9.17) is 22.9 Å². The van der Waals surface area contributed by atoms with Crippen molar-refractivity contribution in [3.63, 3.8) is 0 Å². The molecule has 6 aromatic rings. The summed E-state index contributed by atoms with van der Waals surface area (Å²) in [5.74, 6) is -0.457. The molecule has 0 saturated carbocycles. The van der Waals surface area contributed by atoms with Crippen LogP contribution in [0.25, 0.3) is 34.7 Å². The molecule has 0 bridgehead atoms. The van der Waals surface area contributed by atoms with Gasteiger partial charge in [-0.2, -0.15) is 0 Å². The third kappa shape index (κ3) is 8.69. The molecule has 0 aliphatic carbocycles. The maximum absolute atomic E-state index is 12.1. The Kier molecular flexibility index (Phi) is 10.8. The van der Waals surface area contributed by atoms with E-state index in [2.05, 4.69) is 10.6 Å². The predicted molar refractivity (Wildman–Crippen MR) is 208 cm³/mol. The van der Waals surface area contributed by atoms with Crippen LogP contribution in [0.3, 0.4) is 0 Å². The normalized spacial score (nSPS) is 10.9. The van der Waals surface area contributed by atoms with E-state index < -0.39 is 0 Å². The van der Waals surface area contributed by atoms with Gasteiger partial charge in [-0.15, -0.1) is 0 Å². The van der Waals surface area contributed by atoms with Crippen molar-refractivity contribution in [2.45, 2.75) is 0 Å². The Labute approximate surface area is 291 Å². The van der Waals surface area contributed by atoms with Crippen LogP contribution in [0.15, 0.2) is 133 Å². The summed E-state index contributed by atoms with van der Waals surface area (Å²) >= 11 is 0. The van der Waals surface area contributed by atoms with E-state index in [1.54, 1.807) is 36.4 Å². The second-order valence-corrected chi connectivity index (χ2v) is 11.5. The predicted octanol–water partition coefficient (Wildman–Crippen LogP) is 7.02. The summed E-state index contributed by atoms with van der Waals surface area (Å²) < 4.78 is 4.04. The van der Waals surface area contributed by atoms with Gasteiger partial charge in [0.2, 0.25) is 11.8 Å². The minimum atomic E-state index is -0.229. The summed E-state index contributed by atoms with van der Waals surface area (Å²) in [5.41, 5.74) is 32.9. The van der Waals surface area contributed by atoms with Crippen LogP contribution in [0.4, 0.5) is 34.1 Å². The highest BCUT2D eigenvalue weighted by molar-refractivity contribution is 6.04. The van der Waals surface area contributed by atoms with Crippen LogP contribution in [0, 0.1) is 0 Å². The van der Waals surface area contributed by atoms with Crippen LogP contribution in [0.1, 0.15) is 11.4 Å². The van der Waals surface area contributed by atoms with Gasteiger partial charge in [-0.05, 0) is 96.1 Å². The van der Waals surface area contributed by atoms with Gasteiger partial charge in [0.15, 0.2) is 0 Å². The van der Waals surface area contributed by atoms with Crippen LogP contribution in [-0.2, 0) is 23.7 Å². The lowest BCUT2D eigenvalue weighted by Crippen LogP contribution is -2.09. The van der Waals surface area contributed by atoms with Crippen LogP contribution in [0.5, 0.6) is 0 Å². The number of hydrogen-bond donors (Lipinski definition) is 6. The first-order chi connectivity index (χ1) is 24.1. The Bertz CT molecular complexity index is 2000. The summed E-state index contributed by atoms with van der Waals surface area (Å²) in [6.45, 7) is 0. The molecule has 10 N–H and O–H groups in total. The number of anilines is 6. The first-order valence-corrected chi connectivity index (χ1v) is 15.8. The summed E-state index contributed by atoms with van der Waals surface area (Å²) in [6, 6.07) is 37.7. The maximum atomic E-state index is 12.1. The Morgan fingerprint density at radius 2 is 0.860 bits per heavy atom. The molecule has 10 nitrogen and oxygen atoms in total. The van der Waals surface area contributed by atoms with Gasteiger partial charge >= 0.3 is 0 Å². The number of aromatic nitrogens is 2. The minimum Gasteiger partial charge on any atom is -0.399 e. The van der Waals surface area contributed by atoms with Gasteiger partial charge in [-0.1, -0.05) is 48.5 Å². The number of rotatable bonds is 8. The molecule has 0 radical (unpaired) electrons. The van der Waals surface area contributed by atoms with Crippen molar-refractivity contribution in [2.75, 3.05) is 33.6 Å². The summed E-state index contributed by atoms with van der Waals surface area (Å²) in [6.07, 6.45) is 6.54. The van der Waals surface area contributed by atoms with Gasteiger partial charge in [-0.25, -0.2) is 0 Å². The molecule has 10 heteroatoms. The zero-order valence-corrected chi connectivity index (χ0v) is 27.9. The minimum absolute atomic E-state index is 0.229.